The summed E-state index contributed by atoms with van der Waals surface area (Å²) >= 11 is 7.66. The summed E-state index contributed by atoms with van der Waals surface area (Å²) in [5.41, 5.74) is 2.20. The molecule has 5 heteroatoms. The fraction of sp³-hybridized carbons (Fsp3) is 0.429. The van der Waals surface area contributed by atoms with Gasteiger partial charge >= 0.3 is 0 Å². The Kier molecular flexibility index (Phi) is 3.82. The molecule has 0 saturated heterocycles. The molecule has 0 fully saturated rings. The van der Waals surface area contributed by atoms with E-state index in [0.717, 1.165) is 23.7 Å². The van der Waals surface area contributed by atoms with Gasteiger partial charge in [-0.3, -0.25) is 4.98 Å². The maximum Gasteiger partial charge on any atom is 0.142 e. The lowest BCUT2D eigenvalue weighted by molar-refractivity contribution is 0.523. The van der Waals surface area contributed by atoms with Gasteiger partial charge in [0.1, 0.15) is 5.01 Å². The Morgan fingerprint density at radius 3 is 3.11 bits per heavy atom. The molecule has 0 bridgehead atoms. The summed E-state index contributed by atoms with van der Waals surface area (Å²) in [7, 11) is 2.00. The fourth-order valence-corrected chi connectivity index (χ4v) is 3.84. The van der Waals surface area contributed by atoms with Crippen molar-refractivity contribution < 1.29 is 0 Å². The first-order chi connectivity index (χ1) is 9.28. The third-order valence-electron chi connectivity index (χ3n) is 3.47. The van der Waals surface area contributed by atoms with E-state index < -0.39 is 0 Å². The van der Waals surface area contributed by atoms with E-state index in [9.17, 15) is 0 Å². The zero-order chi connectivity index (χ0) is 13.2. The largest absolute Gasteiger partial charge is 0.319 e. The third-order valence-corrected chi connectivity index (χ3v) is 4.84. The van der Waals surface area contributed by atoms with Crippen LogP contribution in [0, 0.1) is 0 Å². The number of aromatic nitrogens is 2. The first kappa shape index (κ1) is 13.0. The van der Waals surface area contributed by atoms with Crippen LogP contribution in [0.4, 0.5) is 0 Å². The van der Waals surface area contributed by atoms with Crippen LogP contribution < -0.4 is 5.32 Å². The minimum absolute atomic E-state index is 0.547. The number of likely N-dealkylation sites (N-methyl/N-ethyl adjacent to an activating group) is 1. The summed E-state index contributed by atoms with van der Waals surface area (Å²) in [5.74, 6) is 0.547. The first-order valence-corrected chi connectivity index (χ1v) is 7.73. The molecule has 1 N–H and O–H groups in total. The molecule has 19 heavy (non-hydrogen) atoms. The SMILES string of the molecule is CNCC1CCCc2sc(-c3ccc(Cl)cn3)nc21. The van der Waals surface area contributed by atoms with E-state index in [-0.39, 0.29) is 0 Å². The second-order valence-corrected chi connectivity index (χ2v) is 6.36. The van der Waals surface area contributed by atoms with Crippen molar-refractivity contribution in [2.45, 2.75) is 25.2 Å². The lowest BCUT2D eigenvalue weighted by atomic mass is 9.91. The van der Waals surface area contributed by atoms with Crippen LogP contribution in [-0.2, 0) is 6.42 Å². The minimum atomic E-state index is 0.547. The maximum absolute atomic E-state index is 5.88. The summed E-state index contributed by atoms with van der Waals surface area (Å²) in [6.07, 6.45) is 5.32. The molecule has 0 saturated carbocycles. The molecule has 3 nitrogen and oxygen atoms in total. The van der Waals surface area contributed by atoms with Gasteiger partial charge in [0.15, 0.2) is 0 Å². The molecule has 0 amide bonds. The van der Waals surface area contributed by atoms with E-state index >= 15 is 0 Å². The smallest absolute Gasteiger partial charge is 0.142 e. The number of nitrogens with zero attached hydrogens (tertiary/aromatic N) is 2. The Bertz CT molecular complexity index is 565. The molecule has 0 aromatic carbocycles. The molecule has 1 atom stereocenters. The Balaban J connectivity index is 1.95. The normalized spacial score (nSPS) is 18.3. The summed E-state index contributed by atoms with van der Waals surface area (Å²) in [6.45, 7) is 1.00. The minimum Gasteiger partial charge on any atom is -0.319 e. The Hall–Kier alpha value is -0.970. The highest BCUT2D eigenvalue weighted by atomic mass is 35.5. The Labute approximate surface area is 122 Å². The third kappa shape index (κ3) is 2.66. The highest BCUT2D eigenvalue weighted by Crippen LogP contribution is 2.37. The average Bonchev–Trinajstić information content (AvgIpc) is 2.85. The molecule has 0 aliphatic heterocycles. The van der Waals surface area contributed by atoms with E-state index in [2.05, 4.69) is 10.3 Å². The van der Waals surface area contributed by atoms with Crippen molar-refractivity contribution in [2.75, 3.05) is 13.6 Å². The van der Waals surface area contributed by atoms with Crippen LogP contribution in [0.2, 0.25) is 5.02 Å². The van der Waals surface area contributed by atoms with E-state index in [1.54, 1.807) is 17.5 Å². The van der Waals surface area contributed by atoms with E-state index in [1.165, 1.54) is 23.4 Å². The molecule has 1 unspecified atom stereocenters. The number of pyridine rings is 1. The van der Waals surface area contributed by atoms with Crippen LogP contribution in [0.25, 0.3) is 10.7 Å². The van der Waals surface area contributed by atoms with Gasteiger partial charge < -0.3 is 5.32 Å². The van der Waals surface area contributed by atoms with Crippen molar-refractivity contribution in [1.29, 1.82) is 0 Å². The topological polar surface area (TPSA) is 37.8 Å². The second kappa shape index (κ2) is 5.57. The zero-order valence-electron chi connectivity index (χ0n) is 10.8. The van der Waals surface area contributed by atoms with Crippen LogP contribution in [0.5, 0.6) is 0 Å². The summed E-state index contributed by atoms with van der Waals surface area (Å²) < 4.78 is 0. The molecular formula is C14H16ClN3S. The van der Waals surface area contributed by atoms with Crippen molar-refractivity contribution >= 4 is 22.9 Å². The van der Waals surface area contributed by atoms with Crippen LogP contribution in [0.15, 0.2) is 18.3 Å². The molecule has 1 aliphatic carbocycles. The van der Waals surface area contributed by atoms with Crippen molar-refractivity contribution in [3.63, 3.8) is 0 Å². The highest BCUT2D eigenvalue weighted by Gasteiger charge is 2.24. The van der Waals surface area contributed by atoms with E-state index in [1.807, 2.05) is 19.2 Å². The molecule has 3 rings (SSSR count). The van der Waals surface area contributed by atoms with Crippen LogP contribution in [0.3, 0.4) is 0 Å². The van der Waals surface area contributed by atoms with Gasteiger partial charge in [-0.2, -0.15) is 0 Å². The van der Waals surface area contributed by atoms with Crippen molar-refractivity contribution in [3.8, 4) is 10.7 Å². The number of thiazole rings is 1. The number of nitrogens with one attached hydrogen (secondary N) is 1. The number of halogens is 1. The number of aryl methyl sites for hydroxylation is 1. The lowest BCUT2D eigenvalue weighted by Gasteiger charge is -2.20. The standard InChI is InChI=1S/C14H16ClN3S/c1-16-7-9-3-2-4-12-13(9)18-14(19-12)11-6-5-10(15)8-17-11/h5-6,8-9,16H,2-4,7H2,1H3. The summed E-state index contributed by atoms with van der Waals surface area (Å²) in [4.78, 5) is 10.6. The van der Waals surface area contributed by atoms with Gasteiger partial charge in [-0.1, -0.05) is 11.6 Å². The Morgan fingerprint density at radius 2 is 2.37 bits per heavy atom. The fourth-order valence-electron chi connectivity index (χ4n) is 2.56. The number of fused-ring (bicyclic) bond motifs is 1. The molecule has 2 aromatic rings. The van der Waals surface area contributed by atoms with Gasteiger partial charge in [0.05, 0.1) is 16.4 Å². The second-order valence-electron chi connectivity index (χ2n) is 4.84. The zero-order valence-corrected chi connectivity index (χ0v) is 12.4. The van der Waals surface area contributed by atoms with Crippen molar-refractivity contribution in [2.24, 2.45) is 0 Å². The van der Waals surface area contributed by atoms with Crippen molar-refractivity contribution in [3.05, 3.63) is 33.9 Å². The van der Waals surface area contributed by atoms with Gasteiger partial charge in [0, 0.05) is 23.5 Å². The average molecular weight is 294 g/mol. The summed E-state index contributed by atoms with van der Waals surface area (Å²) in [5, 5.41) is 4.95. The lowest BCUT2D eigenvalue weighted by Crippen LogP contribution is -2.20. The number of hydrogen-bond acceptors (Lipinski definition) is 4. The quantitative estimate of drug-likeness (QED) is 0.941. The molecule has 1 aliphatic rings. The molecule has 2 heterocycles. The van der Waals surface area contributed by atoms with Gasteiger partial charge in [-0.15, -0.1) is 11.3 Å². The van der Waals surface area contributed by atoms with Crippen LogP contribution in [0.1, 0.15) is 29.3 Å². The number of rotatable bonds is 3. The molecular weight excluding hydrogens is 278 g/mol. The van der Waals surface area contributed by atoms with Crippen LogP contribution >= 0.6 is 22.9 Å². The Morgan fingerprint density at radius 1 is 1.47 bits per heavy atom. The van der Waals surface area contributed by atoms with E-state index in [4.69, 9.17) is 16.6 Å². The summed E-state index contributed by atoms with van der Waals surface area (Å²) in [6, 6.07) is 3.81. The molecule has 0 radical (unpaired) electrons. The van der Waals surface area contributed by atoms with Crippen molar-refractivity contribution in [1.82, 2.24) is 15.3 Å². The molecule has 2 aromatic heterocycles. The molecule has 0 spiro atoms. The van der Waals surface area contributed by atoms with Gasteiger partial charge in [0.2, 0.25) is 0 Å². The van der Waals surface area contributed by atoms with Gasteiger partial charge in [-0.25, -0.2) is 4.98 Å². The highest BCUT2D eigenvalue weighted by molar-refractivity contribution is 7.15. The van der Waals surface area contributed by atoms with E-state index in [0.29, 0.717) is 10.9 Å². The monoisotopic (exact) mass is 293 g/mol. The first-order valence-electron chi connectivity index (χ1n) is 6.54. The maximum atomic E-state index is 5.88. The number of hydrogen-bond donors (Lipinski definition) is 1. The predicted octanol–water partition coefficient (Wildman–Crippen LogP) is 3.50. The molecule has 100 valence electrons. The van der Waals surface area contributed by atoms with Crippen LogP contribution in [-0.4, -0.2) is 23.6 Å². The predicted molar refractivity (Wildman–Crippen MR) is 80.0 cm³/mol. The van der Waals surface area contributed by atoms with Gasteiger partial charge in [0.25, 0.3) is 0 Å². The van der Waals surface area contributed by atoms with Gasteiger partial charge in [-0.05, 0) is 38.4 Å².